The number of amides is 1. The molecule has 0 bridgehead atoms. The Morgan fingerprint density at radius 2 is 1.71 bits per heavy atom. The van der Waals surface area contributed by atoms with E-state index in [2.05, 4.69) is 15.6 Å². The molecule has 3 aromatic carbocycles. The van der Waals surface area contributed by atoms with Gasteiger partial charge in [0.2, 0.25) is 5.91 Å². The second kappa shape index (κ2) is 7.62. The molecule has 28 heavy (non-hydrogen) atoms. The van der Waals surface area contributed by atoms with Gasteiger partial charge in [0.05, 0.1) is 11.2 Å². The van der Waals surface area contributed by atoms with Crippen LogP contribution in [0, 0.1) is 0 Å². The summed E-state index contributed by atoms with van der Waals surface area (Å²) in [5, 5.41) is 11.3. The fourth-order valence-electron chi connectivity index (χ4n) is 2.92. The van der Waals surface area contributed by atoms with Crippen LogP contribution in [0.2, 0.25) is 5.02 Å². The molecule has 138 valence electrons. The fourth-order valence-corrected chi connectivity index (χ4v) is 3.09. The average Bonchev–Trinajstić information content (AvgIpc) is 3.12. The lowest BCUT2D eigenvalue weighted by Crippen LogP contribution is -2.21. The van der Waals surface area contributed by atoms with Crippen molar-refractivity contribution in [3.8, 4) is 0 Å². The van der Waals surface area contributed by atoms with Crippen molar-refractivity contribution in [2.24, 2.45) is 0 Å². The predicted octanol–water partition coefficient (Wildman–Crippen LogP) is 3.95. The zero-order valence-corrected chi connectivity index (χ0v) is 15.4. The number of anilines is 1. The van der Waals surface area contributed by atoms with Crippen molar-refractivity contribution in [3.05, 3.63) is 88.9 Å². The van der Waals surface area contributed by atoms with Crippen LogP contribution in [0.3, 0.4) is 0 Å². The predicted molar refractivity (Wildman–Crippen MR) is 107 cm³/mol. The SMILES string of the molecule is O=C(Cn1nnc2ccccc21)Nc1ccc(Cl)cc1C(=O)c1ccccc1. The summed E-state index contributed by atoms with van der Waals surface area (Å²) in [7, 11) is 0. The number of ketones is 1. The number of carbonyl (C=O) groups excluding carboxylic acids is 2. The first kappa shape index (κ1) is 17.9. The zero-order chi connectivity index (χ0) is 19.5. The van der Waals surface area contributed by atoms with Gasteiger partial charge in [-0.2, -0.15) is 0 Å². The summed E-state index contributed by atoms with van der Waals surface area (Å²) in [5.41, 5.74) is 2.71. The van der Waals surface area contributed by atoms with Crippen molar-refractivity contribution >= 4 is 40.0 Å². The molecule has 1 heterocycles. The van der Waals surface area contributed by atoms with E-state index >= 15 is 0 Å². The third-order valence-electron chi connectivity index (χ3n) is 4.25. The quantitative estimate of drug-likeness (QED) is 0.523. The van der Waals surface area contributed by atoms with E-state index in [0.717, 1.165) is 5.52 Å². The summed E-state index contributed by atoms with van der Waals surface area (Å²) in [6, 6.07) is 21.0. The molecule has 0 aliphatic heterocycles. The number of hydrogen-bond donors (Lipinski definition) is 1. The molecular formula is C21H15ClN4O2. The van der Waals surface area contributed by atoms with Gasteiger partial charge in [-0.15, -0.1) is 5.10 Å². The lowest BCUT2D eigenvalue weighted by molar-refractivity contribution is -0.116. The minimum absolute atomic E-state index is 0.0257. The summed E-state index contributed by atoms with van der Waals surface area (Å²) in [5.74, 6) is -0.537. The standard InChI is InChI=1S/C21H15ClN4O2/c22-15-10-11-17(16(12-15)21(28)14-6-2-1-3-7-14)23-20(27)13-26-19-9-5-4-8-18(19)24-25-26/h1-12H,13H2,(H,23,27). The van der Waals surface area contributed by atoms with E-state index in [4.69, 9.17) is 11.6 Å². The molecule has 6 nitrogen and oxygen atoms in total. The van der Waals surface area contributed by atoms with Crippen LogP contribution in [-0.2, 0) is 11.3 Å². The lowest BCUT2D eigenvalue weighted by atomic mass is 10.0. The molecule has 7 heteroatoms. The number of aromatic nitrogens is 3. The highest BCUT2D eigenvalue weighted by Gasteiger charge is 2.17. The highest BCUT2D eigenvalue weighted by molar-refractivity contribution is 6.31. The number of halogens is 1. The van der Waals surface area contributed by atoms with Crippen LogP contribution in [0.1, 0.15) is 15.9 Å². The number of nitrogens with one attached hydrogen (secondary N) is 1. The van der Waals surface area contributed by atoms with E-state index in [-0.39, 0.29) is 18.2 Å². The van der Waals surface area contributed by atoms with Gasteiger partial charge >= 0.3 is 0 Å². The molecule has 1 aromatic heterocycles. The fraction of sp³-hybridized carbons (Fsp3) is 0.0476. The zero-order valence-electron chi connectivity index (χ0n) is 14.7. The van der Waals surface area contributed by atoms with Crippen molar-refractivity contribution < 1.29 is 9.59 Å². The van der Waals surface area contributed by atoms with Crippen LogP contribution in [0.4, 0.5) is 5.69 Å². The molecule has 4 rings (SSSR count). The molecule has 0 radical (unpaired) electrons. The lowest BCUT2D eigenvalue weighted by Gasteiger charge is -2.11. The van der Waals surface area contributed by atoms with E-state index in [9.17, 15) is 9.59 Å². The third-order valence-corrected chi connectivity index (χ3v) is 4.49. The second-order valence-corrected chi connectivity index (χ2v) is 6.61. The summed E-state index contributed by atoms with van der Waals surface area (Å²) in [6.45, 7) is -0.0257. The molecule has 1 N–H and O–H groups in total. The highest BCUT2D eigenvalue weighted by atomic mass is 35.5. The van der Waals surface area contributed by atoms with Gasteiger partial charge in [0, 0.05) is 16.1 Å². The van der Waals surface area contributed by atoms with Crippen molar-refractivity contribution in [1.82, 2.24) is 15.0 Å². The van der Waals surface area contributed by atoms with Gasteiger partial charge in [-0.05, 0) is 30.3 Å². The van der Waals surface area contributed by atoms with Gasteiger partial charge < -0.3 is 5.32 Å². The van der Waals surface area contributed by atoms with Crippen LogP contribution in [-0.4, -0.2) is 26.7 Å². The smallest absolute Gasteiger partial charge is 0.246 e. The maximum Gasteiger partial charge on any atom is 0.246 e. The number of hydrogen-bond acceptors (Lipinski definition) is 4. The Bertz CT molecular complexity index is 1170. The first-order valence-electron chi connectivity index (χ1n) is 8.59. The van der Waals surface area contributed by atoms with Gasteiger partial charge in [-0.3, -0.25) is 9.59 Å². The number of para-hydroxylation sites is 1. The van der Waals surface area contributed by atoms with Gasteiger partial charge in [-0.1, -0.05) is 59.3 Å². The van der Waals surface area contributed by atoms with Crippen LogP contribution in [0.25, 0.3) is 11.0 Å². The molecule has 0 saturated carbocycles. The van der Waals surface area contributed by atoms with E-state index < -0.39 is 0 Å². The van der Waals surface area contributed by atoms with E-state index in [1.54, 1.807) is 42.5 Å². The van der Waals surface area contributed by atoms with E-state index in [1.807, 2.05) is 30.3 Å². The van der Waals surface area contributed by atoms with Crippen LogP contribution in [0.5, 0.6) is 0 Å². The Kier molecular flexibility index (Phi) is 4.87. The van der Waals surface area contributed by atoms with Gasteiger partial charge in [0.15, 0.2) is 5.78 Å². The van der Waals surface area contributed by atoms with Crippen molar-refractivity contribution in [3.63, 3.8) is 0 Å². The largest absolute Gasteiger partial charge is 0.324 e. The van der Waals surface area contributed by atoms with E-state index in [0.29, 0.717) is 27.4 Å². The molecule has 0 aliphatic carbocycles. The topological polar surface area (TPSA) is 76.9 Å². The van der Waals surface area contributed by atoms with Crippen molar-refractivity contribution in [1.29, 1.82) is 0 Å². The molecule has 0 fully saturated rings. The molecule has 0 atom stereocenters. The Morgan fingerprint density at radius 3 is 2.54 bits per heavy atom. The van der Waals surface area contributed by atoms with Crippen LogP contribution < -0.4 is 5.32 Å². The number of carbonyl (C=O) groups is 2. The van der Waals surface area contributed by atoms with E-state index in [1.165, 1.54) is 4.68 Å². The van der Waals surface area contributed by atoms with Crippen LogP contribution >= 0.6 is 11.6 Å². The normalized spacial score (nSPS) is 10.8. The van der Waals surface area contributed by atoms with Gasteiger partial charge in [0.1, 0.15) is 12.1 Å². The minimum Gasteiger partial charge on any atom is -0.324 e. The van der Waals surface area contributed by atoms with Gasteiger partial charge in [-0.25, -0.2) is 4.68 Å². The molecule has 0 unspecified atom stereocenters. The number of fused-ring (bicyclic) bond motifs is 1. The number of nitrogens with zero attached hydrogens (tertiary/aromatic N) is 3. The summed E-state index contributed by atoms with van der Waals surface area (Å²) >= 11 is 6.08. The minimum atomic E-state index is -0.319. The molecule has 1 amide bonds. The first-order valence-corrected chi connectivity index (χ1v) is 8.97. The number of benzene rings is 3. The van der Waals surface area contributed by atoms with Gasteiger partial charge in [0.25, 0.3) is 0 Å². The van der Waals surface area contributed by atoms with Crippen molar-refractivity contribution in [2.75, 3.05) is 5.32 Å². The molecular weight excluding hydrogens is 376 g/mol. The Labute approximate surface area is 165 Å². The molecule has 0 saturated heterocycles. The Morgan fingerprint density at radius 1 is 0.964 bits per heavy atom. The summed E-state index contributed by atoms with van der Waals surface area (Å²) in [6.07, 6.45) is 0. The van der Waals surface area contributed by atoms with Crippen molar-refractivity contribution in [2.45, 2.75) is 6.54 Å². The highest BCUT2D eigenvalue weighted by Crippen LogP contribution is 2.24. The molecule has 0 aliphatic rings. The van der Waals surface area contributed by atoms with Crippen LogP contribution in [0.15, 0.2) is 72.8 Å². The Balaban J connectivity index is 1.59. The average molecular weight is 391 g/mol. The molecule has 0 spiro atoms. The first-order chi connectivity index (χ1) is 13.6. The maximum absolute atomic E-state index is 12.9. The summed E-state index contributed by atoms with van der Waals surface area (Å²) in [4.78, 5) is 25.4. The maximum atomic E-state index is 12.9. The third kappa shape index (κ3) is 3.63. The second-order valence-electron chi connectivity index (χ2n) is 6.17. The number of rotatable bonds is 5. The Hall–Kier alpha value is -3.51. The summed E-state index contributed by atoms with van der Waals surface area (Å²) < 4.78 is 1.51. The monoisotopic (exact) mass is 390 g/mol. The molecule has 4 aromatic rings.